The Morgan fingerprint density at radius 2 is 1.77 bits per heavy atom. The van der Waals surface area contributed by atoms with Crippen LogP contribution in [-0.2, 0) is 26.6 Å². The number of carbonyl (C=O) groups is 1. The van der Waals surface area contributed by atoms with Crippen LogP contribution in [0.2, 0.25) is 5.32 Å². The van der Waals surface area contributed by atoms with E-state index in [1.165, 1.54) is 10.7 Å². The number of ether oxygens (including phenoxy) is 1. The first-order chi connectivity index (χ1) is 12.1. The van der Waals surface area contributed by atoms with E-state index in [1.807, 2.05) is 32.1 Å². The average Bonchev–Trinajstić information content (AvgIpc) is 3.26. The van der Waals surface area contributed by atoms with Crippen LogP contribution < -0.4 is 0 Å². The molecule has 3 rings (SSSR count). The van der Waals surface area contributed by atoms with Gasteiger partial charge in [0, 0.05) is 0 Å². The molecule has 0 amide bonds. The number of esters is 1. The summed E-state index contributed by atoms with van der Waals surface area (Å²) in [6, 6.07) is 0.443. The number of hydrogen-bond acceptors (Lipinski definition) is 3. The van der Waals surface area contributed by atoms with E-state index in [0.29, 0.717) is 27.4 Å². The summed E-state index contributed by atoms with van der Waals surface area (Å²) < 4.78 is 5.52. The molecule has 10 radical (unpaired) electrons. The van der Waals surface area contributed by atoms with Crippen molar-refractivity contribution in [3.05, 3.63) is 62.1 Å². The van der Waals surface area contributed by atoms with Crippen molar-refractivity contribution >= 4 is 20.9 Å². The van der Waals surface area contributed by atoms with Crippen LogP contribution in [0.4, 0.5) is 0 Å². The van der Waals surface area contributed by atoms with E-state index in [9.17, 15) is 4.79 Å². The van der Waals surface area contributed by atoms with Gasteiger partial charge in [-0.05, 0) is 32.1 Å². The van der Waals surface area contributed by atoms with Gasteiger partial charge in [0.1, 0.15) is 0 Å². The normalized spacial score (nSPS) is 25.8. The largest absolute Gasteiger partial charge is 2.00 e. The Morgan fingerprint density at radius 3 is 2.38 bits per heavy atom. The molecule has 5 heteroatoms. The quantitative estimate of drug-likeness (QED) is 0.464. The fraction of sp³-hybridized carbons (Fsp3) is 0.476. The topological polar surface area (TPSA) is 29.5 Å². The van der Waals surface area contributed by atoms with Gasteiger partial charge in [0.15, 0.2) is 0 Å². The third-order valence-electron chi connectivity index (χ3n) is 4.47. The molecule has 1 aliphatic heterocycles. The van der Waals surface area contributed by atoms with Gasteiger partial charge in [0.2, 0.25) is 0 Å². The Hall–Kier alpha value is 0.469. The second-order valence-corrected chi connectivity index (χ2v) is 8.84. The van der Waals surface area contributed by atoms with Crippen LogP contribution in [0.25, 0.3) is 0 Å². The van der Waals surface area contributed by atoms with Gasteiger partial charge < -0.3 is 0 Å². The van der Waals surface area contributed by atoms with Crippen molar-refractivity contribution in [1.82, 2.24) is 4.90 Å². The van der Waals surface area contributed by atoms with Crippen molar-refractivity contribution in [2.45, 2.75) is 50.1 Å². The van der Waals surface area contributed by atoms with Crippen LogP contribution in [0.15, 0.2) is 0 Å². The predicted molar refractivity (Wildman–Crippen MR) is 103 cm³/mol. The van der Waals surface area contributed by atoms with E-state index in [-0.39, 0.29) is 29.1 Å². The summed E-state index contributed by atoms with van der Waals surface area (Å²) in [6.45, 7) is 2.24. The SMILES string of the molecule is C[C@H]([C]1[CH][CH][CH][C]1[Se]C[C@H]1CCCCC(=O)O1)N(C)C.[CH]1[CH][CH][CH][CH]1.[Fe+2]. The Morgan fingerprint density at radius 1 is 1.12 bits per heavy atom. The molecule has 2 saturated carbocycles. The number of hydrogen-bond donors (Lipinski definition) is 0. The first-order valence-electron chi connectivity index (χ1n) is 8.99. The fourth-order valence-electron chi connectivity index (χ4n) is 2.74. The Labute approximate surface area is 178 Å². The molecule has 3 fully saturated rings. The number of cyclic esters (lactones) is 1. The van der Waals surface area contributed by atoms with Crippen LogP contribution in [0.3, 0.4) is 0 Å². The van der Waals surface area contributed by atoms with E-state index in [4.69, 9.17) is 4.74 Å². The Balaban J connectivity index is 0.000000486. The molecule has 3 aliphatic rings. The molecule has 1 heterocycles. The maximum Gasteiger partial charge on any atom is 2.00 e. The van der Waals surface area contributed by atoms with Crippen LogP contribution >= 0.6 is 0 Å². The van der Waals surface area contributed by atoms with E-state index < -0.39 is 0 Å². The minimum atomic E-state index is -0.00677. The van der Waals surface area contributed by atoms with Gasteiger partial charge in [-0.25, -0.2) is 0 Å². The van der Waals surface area contributed by atoms with Crippen molar-refractivity contribution in [3.8, 4) is 0 Å². The molecular formula is C21H29FeNO2Se+2. The zero-order valence-corrected chi connectivity index (χ0v) is 18.7. The van der Waals surface area contributed by atoms with Gasteiger partial charge in [-0.1, -0.05) is 0 Å². The van der Waals surface area contributed by atoms with E-state index in [0.717, 1.165) is 24.6 Å². The van der Waals surface area contributed by atoms with Crippen LogP contribution in [0.1, 0.15) is 32.6 Å². The number of rotatable bonds is 5. The smallest absolute Gasteiger partial charge is 0.0312 e. The molecule has 3 nitrogen and oxygen atoms in total. The summed E-state index contributed by atoms with van der Waals surface area (Å²) >= 11 is 0.387. The van der Waals surface area contributed by atoms with E-state index in [2.05, 4.69) is 45.2 Å². The standard InChI is InChI=1S/C16H24NO2Se.C5H5.Fe/c1-12(17(2)3)14-8-6-9-15(14)20-11-13-7-4-5-10-16(18)19-13;1-2-4-5-3-1;/h6,8-9,12-13H,4-5,7,10-11H2,1-3H3;1-5H;/q;;+2/t12-,13-;;/m1../s1. The molecule has 2 atom stereocenters. The van der Waals surface area contributed by atoms with Gasteiger partial charge in [0.05, 0.1) is 0 Å². The van der Waals surface area contributed by atoms with E-state index in [1.54, 1.807) is 0 Å². The van der Waals surface area contributed by atoms with Gasteiger partial charge in [-0.3, -0.25) is 0 Å². The van der Waals surface area contributed by atoms with Crippen molar-refractivity contribution in [2.24, 2.45) is 0 Å². The summed E-state index contributed by atoms with van der Waals surface area (Å²) in [5, 5.41) is 1.01. The van der Waals surface area contributed by atoms with Gasteiger partial charge >= 0.3 is 147 Å². The molecule has 0 spiro atoms. The van der Waals surface area contributed by atoms with Crippen LogP contribution in [0, 0.1) is 62.1 Å². The molecule has 0 unspecified atom stereocenters. The molecule has 0 N–H and O–H groups in total. The average molecular weight is 462 g/mol. The third kappa shape index (κ3) is 8.65. The molecule has 0 aromatic rings. The summed E-state index contributed by atoms with van der Waals surface area (Å²) in [5.74, 6) is 1.42. The molecule has 0 aromatic carbocycles. The van der Waals surface area contributed by atoms with Crippen molar-refractivity contribution in [2.75, 3.05) is 14.1 Å². The molecule has 0 bridgehead atoms. The second-order valence-electron chi connectivity index (χ2n) is 6.62. The van der Waals surface area contributed by atoms with Crippen LogP contribution in [-0.4, -0.2) is 52.1 Å². The molecule has 26 heavy (non-hydrogen) atoms. The summed E-state index contributed by atoms with van der Waals surface area (Å²) in [5.41, 5.74) is 0. The minimum absolute atomic E-state index is 0. The zero-order valence-electron chi connectivity index (χ0n) is 15.8. The minimum Gasteiger partial charge on any atom is -0.0312 e. The van der Waals surface area contributed by atoms with Crippen molar-refractivity contribution < 1.29 is 26.6 Å². The molecular weight excluding hydrogens is 433 g/mol. The van der Waals surface area contributed by atoms with Gasteiger partial charge in [-0.2, -0.15) is 0 Å². The van der Waals surface area contributed by atoms with Crippen molar-refractivity contribution in [1.29, 1.82) is 0 Å². The maximum atomic E-state index is 11.5. The van der Waals surface area contributed by atoms with Crippen molar-refractivity contribution in [3.63, 3.8) is 0 Å². The Bertz CT molecular complexity index is 383. The van der Waals surface area contributed by atoms with Gasteiger partial charge in [-0.15, -0.1) is 0 Å². The zero-order chi connectivity index (χ0) is 18.1. The third-order valence-corrected chi connectivity index (χ3v) is 7.03. The molecule has 2 aliphatic carbocycles. The first kappa shape index (κ1) is 24.5. The monoisotopic (exact) mass is 463 g/mol. The number of carbonyl (C=O) groups excluding carboxylic acids is 1. The first-order valence-corrected chi connectivity index (χ1v) is 11.1. The number of nitrogens with zero attached hydrogens (tertiary/aromatic N) is 1. The summed E-state index contributed by atoms with van der Waals surface area (Å²) in [7, 11) is 4.23. The maximum absolute atomic E-state index is 11.5. The van der Waals surface area contributed by atoms with E-state index >= 15 is 0 Å². The molecule has 0 aromatic heterocycles. The van der Waals surface area contributed by atoms with Crippen LogP contribution in [0.5, 0.6) is 0 Å². The Kier molecular flexibility index (Phi) is 12.8. The molecule has 142 valence electrons. The predicted octanol–water partition coefficient (Wildman–Crippen LogP) is 3.30. The fourth-order valence-corrected chi connectivity index (χ4v) is 5.21. The molecule has 1 saturated heterocycles. The van der Waals surface area contributed by atoms with Gasteiger partial charge in [0.25, 0.3) is 0 Å². The summed E-state index contributed by atoms with van der Waals surface area (Å²) in [6.07, 6.45) is 20.5. The second kappa shape index (κ2) is 13.6. The summed E-state index contributed by atoms with van der Waals surface area (Å²) in [4.78, 5) is 15.2.